The van der Waals surface area contributed by atoms with Crippen LogP contribution >= 0.6 is 0 Å². The van der Waals surface area contributed by atoms with Crippen molar-refractivity contribution in [1.82, 2.24) is 9.55 Å². The molecule has 112 valence electrons. The summed E-state index contributed by atoms with van der Waals surface area (Å²) in [4.78, 5) is 15.6. The Morgan fingerprint density at radius 3 is 2.65 bits per heavy atom. The third kappa shape index (κ3) is 2.81. The molecule has 9 nitrogen and oxygen atoms in total. The predicted octanol–water partition coefficient (Wildman–Crippen LogP) is -2.74. The number of aliphatic hydroxyl groups is 4. The van der Waals surface area contributed by atoms with Crippen LogP contribution < -0.4 is 11.0 Å². The number of nitrogens with one attached hydrogen (secondary N) is 1. The molecule has 0 amide bonds. The van der Waals surface area contributed by atoms with Gasteiger partial charge < -0.3 is 30.5 Å². The molecule has 1 aromatic rings. The molecule has 4 atom stereocenters. The summed E-state index contributed by atoms with van der Waals surface area (Å²) in [6.45, 7) is -0.309. The summed E-state index contributed by atoms with van der Waals surface area (Å²) in [7, 11) is 0. The van der Waals surface area contributed by atoms with Gasteiger partial charge in [0.2, 0.25) is 0 Å². The lowest BCUT2D eigenvalue weighted by Gasteiger charge is -2.17. The highest BCUT2D eigenvalue weighted by molar-refractivity contribution is 5.31. The lowest BCUT2D eigenvalue weighted by molar-refractivity contribution is -0.0549. The molecule has 1 aromatic heterocycles. The molecule has 2 rings (SSSR count). The Hall–Kier alpha value is -1.52. The van der Waals surface area contributed by atoms with Crippen LogP contribution in [0.5, 0.6) is 0 Å². The molecule has 1 saturated heterocycles. The lowest BCUT2D eigenvalue weighted by atomic mass is 10.1. The van der Waals surface area contributed by atoms with Crippen LogP contribution in [0.3, 0.4) is 0 Å². The zero-order valence-electron chi connectivity index (χ0n) is 10.6. The molecule has 2 heterocycles. The first-order valence-electron chi connectivity index (χ1n) is 6.15. The van der Waals surface area contributed by atoms with Gasteiger partial charge in [-0.25, -0.2) is 4.79 Å². The molecule has 20 heavy (non-hydrogen) atoms. The van der Waals surface area contributed by atoms with E-state index in [0.29, 0.717) is 0 Å². The minimum absolute atomic E-state index is 0.0976. The van der Waals surface area contributed by atoms with Gasteiger partial charge in [-0.1, -0.05) is 0 Å². The van der Waals surface area contributed by atoms with Crippen LogP contribution in [0.1, 0.15) is 6.23 Å². The van der Waals surface area contributed by atoms with Crippen LogP contribution in [0.25, 0.3) is 0 Å². The van der Waals surface area contributed by atoms with Gasteiger partial charge in [0.1, 0.15) is 24.1 Å². The summed E-state index contributed by atoms with van der Waals surface area (Å²) < 4.78 is 6.27. The molecule has 0 unspecified atom stereocenters. The summed E-state index contributed by atoms with van der Waals surface area (Å²) in [6.07, 6.45) is -3.30. The van der Waals surface area contributed by atoms with E-state index in [4.69, 9.17) is 14.9 Å². The fourth-order valence-electron chi connectivity index (χ4n) is 2.00. The highest BCUT2D eigenvalue weighted by Gasteiger charge is 2.43. The Morgan fingerprint density at radius 2 is 2.10 bits per heavy atom. The van der Waals surface area contributed by atoms with E-state index in [-0.39, 0.29) is 19.0 Å². The lowest BCUT2D eigenvalue weighted by Crippen LogP contribution is -2.36. The predicted molar refractivity (Wildman–Crippen MR) is 67.1 cm³/mol. The summed E-state index contributed by atoms with van der Waals surface area (Å²) in [5.41, 5.74) is -0.678. The minimum Gasteiger partial charge on any atom is -0.395 e. The van der Waals surface area contributed by atoms with Crippen molar-refractivity contribution >= 4 is 5.82 Å². The van der Waals surface area contributed by atoms with E-state index in [1.165, 1.54) is 12.3 Å². The summed E-state index contributed by atoms with van der Waals surface area (Å²) in [6, 6.07) is 1.48. The molecule has 9 heteroatoms. The first kappa shape index (κ1) is 14.9. The molecular formula is C11H17N3O6. The fourth-order valence-corrected chi connectivity index (χ4v) is 2.00. The Morgan fingerprint density at radius 1 is 1.35 bits per heavy atom. The number of rotatable bonds is 5. The van der Waals surface area contributed by atoms with Gasteiger partial charge in [0, 0.05) is 12.7 Å². The van der Waals surface area contributed by atoms with Crippen LogP contribution in [0, 0.1) is 0 Å². The van der Waals surface area contributed by atoms with Crippen molar-refractivity contribution in [3.8, 4) is 0 Å². The number of nitrogens with zero attached hydrogens (tertiary/aromatic N) is 2. The van der Waals surface area contributed by atoms with Crippen LogP contribution in [0.2, 0.25) is 0 Å². The first-order valence-corrected chi connectivity index (χ1v) is 6.15. The summed E-state index contributed by atoms with van der Waals surface area (Å²) in [5.74, 6) is 0.284. The molecule has 0 bridgehead atoms. The van der Waals surface area contributed by atoms with Crippen LogP contribution in [-0.2, 0) is 4.74 Å². The van der Waals surface area contributed by atoms with E-state index in [0.717, 1.165) is 4.57 Å². The maximum atomic E-state index is 11.9. The molecule has 0 aliphatic carbocycles. The number of hydrogen-bond acceptors (Lipinski definition) is 8. The highest BCUT2D eigenvalue weighted by Crippen LogP contribution is 2.27. The van der Waals surface area contributed by atoms with Gasteiger partial charge in [0.05, 0.1) is 13.2 Å². The van der Waals surface area contributed by atoms with Crippen molar-refractivity contribution in [2.75, 3.05) is 25.1 Å². The molecule has 0 radical (unpaired) electrons. The average molecular weight is 287 g/mol. The number of anilines is 1. The molecule has 0 aromatic carbocycles. The number of aromatic nitrogens is 2. The molecule has 0 saturated carbocycles. The maximum Gasteiger partial charge on any atom is 0.351 e. The van der Waals surface area contributed by atoms with E-state index in [9.17, 15) is 15.0 Å². The SMILES string of the molecule is O=c1nc(NCCO)ccn1[C@@H]1O[C@H](CO)[C@@H](O)[C@H]1O. The minimum atomic E-state index is -1.33. The van der Waals surface area contributed by atoms with Crippen LogP contribution in [0.15, 0.2) is 17.1 Å². The van der Waals surface area contributed by atoms with Gasteiger partial charge in [-0.05, 0) is 6.07 Å². The van der Waals surface area contributed by atoms with E-state index >= 15 is 0 Å². The Balaban J connectivity index is 2.19. The first-order chi connectivity index (χ1) is 9.58. The molecule has 0 spiro atoms. The van der Waals surface area contributed by atoms with Gasteiger partial charge in [0.15, 0.2) is 6.23 Å². The van der Waals surface area contributed by atoms with Gasteiger partial charge in [-0.3, -0.25) is 4.57 Å². The second kappa shape index (κ2) is 6.29. The molecule has 1 fully saturated rings. The van der Waals surface area contributed by atoms with Gasteiger partial charge >= 0.3 is 5.69 Å². The van der Waals surface area contributed by atoms with Gasteiger partial charge in [-0.2, -0.15) is 4.98 Å². The van der Waals surface area contributed by atoms with E-state index in [1.54, 1.807) is 0 Å². The topological polar surface area (TPSA) is 137 Å². The Bertz CT molecular complexity index is 507. The van der Waals surface area contributed by atoms with Crippen molar-refractivity contribution in [2.24, 2.45) is 0 Å². The van der Waals surface area contributed by atoms with E-state index in [2.05, 4.69) is 10.3 Å². The number of ether oxygens (including phenoxy) is 1. The number of aliphatic hydroxyl groups excluding tert-OH is 4. The average Bonchev–Trinajstić information content (AvgIpc) is 2.73. The molecule has 1 aliphatic rings. The molecule has 1 aliphatic heterocycles. The third-order valence-corrected chi connectivity index (χ3v) is 3.04. The van der Waals surface area contributed by atoms with Crippen molar-refractivity contribution in [2.45, 2.75) is 24.5 Å². The smallest absolute Gasteiger partial charge is 0.351 e. The quantitative estimate of drug-likeness (QED) is 0.393. The molecule has 5 N–H and O–H groups in total. The van der Waals surface area contributed by atoms with E-state index in [1.807, 2.05) is 0 Å². The third-order valence-electron chi connectivity index (χ3n) is 3.04. The monoisotopic (exact) mass is 287 g/mol. The van der Waals surface area contributed by atoms with Crippen LogP contribution in [-0.4, -0.2) is 68.0 Å². The van der Waals surface area contributed by atoms with Crippen molar-refractivity contribution < 1.29 is 25.2 Å². The van der Waals surface area contributed by atoms with Crippen molar-refractivity contribution in [1.29, 1.82) is 0 Å². The highest BCUT2D eigenvalue weighted by atomic mass is 16.6. The fraction of sp³-hybridized carbons (Fsp3) is 0.636. The Labute approximate surface area is 114 Å². The summed E-state index contributed by atoms with van der Waals surface area (Å²) >= 11 is 0. The van der Waals surface area contributed by atoms with Gasteiger partial charge in [-0.15, -0.1) is 0 Å². The van der Waals surface area contributed by atoms with Crippen molar-refractivity contribution in [3.63, 3.8) is 0 Å². The normalized spacial score (nSPS) is 29.6. The summed E-state index contributed by atoms with van der Waals surface area (Å²) in [5, 5.41) is 39.9. The maximum absolute atomic E-state index is 11.9. The molecular weight excluding hydrogens is 270 g/mol. The Kier molecular flexibility index (Phi) is 4.68. The second-order valence-corrected chi connectivity index (χ2v) is 4.38. The van der Waals surface area contributed by atoms with Crippen molar-refractivity contribution in [3.05, 3.63) is 22.7 Å². The van der Waals surface area contributed by atoms with Gasteiger partial charge in [0.25, 0.3) is 0 Å². The zero-order chi connectivity index (χ0) is 14.7. The standard InChI is InChI=1S/C11H17N3O6/c15-4-2-12-7-1-3-14(11(19)13-7)10-9(18)8(17)6(5-16)20-10/h1,3,6,8-10,15-18H,2,4-5H2,(H,12,13,19)/t6-,8-,9-,10-/m1/s1. The zero-order valence-corrected chi connectivity index (χ0v) is 10.6. The largest absolute Gasteiger partial charge is 0.395 e. The van der Waals surface area contributed by atoms with E-state index < -0.39 is 36.8 Å². The second-order valence-electron chi connectivity index (χ2n) is 4.38. The van der Waals surface area contributed by atoms with Crippen LogP contribution in [0.4, 0.5) is 5.82 Å². The number of hydrogen-bond donors (Lipinski definition) is 5.